The largest absolute Gasteiger partial charge is 0.371 e. The van der Waals surface area contributed by atoms with Crippen LogP contribution in [0.15, 0.2) is 36.8 Å². The van der Waals surface area contributed by atoms with Gasteiger partial charge in [0, 0.05) is 38.6 Å². The van der Waals surface area contributed by atoms with Crippen LogP contribution in [-0.4, -0.2) is 56.7 Å². The van der Waals surface area contributed by atoms with Crippen molar-refractivity contribution in [3.63, 3.8) is 0 Å². The van der Waals surface area contributed by atoms with Crippen molar-refractivity contribution in [2.75, 3.05) is 25.0 Å². The molecule has 2 aromatic heterocycles. The molecular weight excluding hydrogens is 306 g/mol. The van der Waals surface area contributed by atoms with Crippen LogP contribution in [0, 0.1) is 0 Å². The first-order valence-electron chi connectivity index (χ1n) is 8.23. The summed E-state index contributed by atoms with van der Waals surface area (Å²) in [5.74, 6) is 0.698. The molecule has 2 aliphatic rings. The molecule has 2 aromatic rings. The maximum atomic E-state index is 12.7. The highest BCUT2D eigenvalue weighted by atomic mass is 16.5. The Labute approximate surface area is 140 Å². The van der Waals surface area contributed by atoms with E-state index in [1.165, 1.54) is 0 Å². The van der Waals surface area contributed by atoms with E-state index in [9.17, 15) is 4.79 Å². The van der Waals surface area contributed by atoms with E-state index in [1.807, 2.05) is 34.8 Å². The number of likely N-dealkylation sites (tertiary alicyclic amines) is 1. The lowest BCUT2D eigenvalue weighted by Crippen LogP contribution is -2.37. The van der Waals surface area contributed by atoms with Gasteiger partial charge in [0.05, 0.1) is 24.8 Å². The molecule has 0 aliphatic carbocycles. The third-order valence-electron chi connectivity index (χ3n) is 4.87. The molecular formula is C17H21N5O2. The molecule has 4 heterocycles. The molecule has 126 valence electrons. The molecule has 0 bridgehead atoms. The lowest BCUT2D eigenvalue weighted by atomic mass is 9.97. The molecule has 0 radical (unpaired) electrons. The number of nitrogens with zero attached hydrogens (tertiary/aromatic N) is 4. The number of carbonyl (C=O) groups excluding carboxylic acids is 1. The average molecular weight is 327 g/mol. The number of ether oxygens (including phenoxy) is 1. The summed E-state index contributed by atoms with van der Waals surface area (Å²) in [6.45, 7) is 1.99. The molecule has 2 aliphatic heterocycles. The first kappa shape index (κ1) is 15.1. The van der Waals surface area contributed by atoms with Gasteiger partial charge in [0.15, 0.2) is 0 Å². The predicted molar refractivity (Wildman–Crippen MR) is 88.7 cm³/mol. The van der Waals surface area contributed by atoms with Gasteiger partial charge in [0.2, 0.25) is 5.95 Å². The zero-order valence-electron chi connectivity index (χ0n) is 13.7. The Morgan fingerprint density at radius 3 is 2.96 bits per heavy atom. The minimum absolute atomic E-state index is 0.0748. The highest BCUT2D eigenvalue weighted by Crippen LogP contribution is 2.36. The Morgan fingerprint density at radius 2 is 2.21 bits per heavy atom. The Bertz CT molecular complexity index is 732. The number of nitrogens with one attached hydrogen (secondary N) is 1. The molecule has 0 saturated carbocycles. The summed E-state index contributed by atoms with van der Waals surface area (Å²) in [5, 5.41) is 3.32. The number of rotatable bonds is 3. The van der Waals surface area contributed by atoms with Crippen molar-refractivity contribution in [1.82, 2.24) is 19.4 Å². The number of amides is 1. The lowest BCUT2D eigenvalue weighted by molar-refractivity contribution is 0.0124. The van der Waals surface area contributed by atoms with E-state index in [0.717, 1.165) is 25.1 Å². The summed E-state index contributed by atoms with van der Waals surface area (Å²) >= 11 is 0. The zero-order chi connectivity index (χ0) is 16.6. The molecule has 1 amide bonds. The monoisotopic (exact) mass is 327 g/mol. The fourth-order valence-corrected chi connectivity index (χ4v) is 3.64. The predicted octanol–water partition coefficient (Wildman–Crippen LogP) is 1.30. The molecule has 2 atom stereocenters. The van der Waals surface area contributed by atoms with Gasteiger partial charge in [-0.1, -0.05) is 0 Å². The molecule has 0 aromatic carbocycles. The van der Waals surface area contributed by atoms with Gasteiger partial charge in [-0.3, -0.25) is 4.79 Å². The van der Waals surface area contributed by atoms with E-state index >= 15 is 0 Å². The van der Waals surface area contributed by atoms with Gasteiger partial charge in [-0.25, -0.2) is 9.97 Å². The van der Waals surface area contributed by atoms with E-state index in [4.69, 9.17) is 4.74 Å². The molecule has 1 spiro atoms. The van der Waals surface area contributed by atoms with Crippen LogP contribution in [0.3, 0.4) is 0 Å². The van der Waals surface area contributed by atoms with Crippen molar-refractivity contribution in [3.8, 4) is 0 Å². The van der Waals surface area contributed by atoms with Crippen LogP contribution in [0.4, 0.5) is 5.95 Å². The Morgan fingerprint density at radius 1 is 1.38 bits per heavy atom. The quantitative estimate of drug-likeness (QED) is 0.920. The third-order valence-corrected chi connectivity index (χ3v) is 4.87. The third kappa shape index (κ3) is 2.75. The van der Waals surface area contributed by atoms with Crippen molar-refractivity contribution in [2.45, 2.75) is 24.5 Å². The van der Waals surface area contributed by atoms with Gasteiger partial charge in [-0.05, 0) is 24.6 Å². The maximum Gasteiger partial charge on any atom is 0.270 e. The number of anilines is 1. The van der Waals surface area contributed by atoms with Gasteiger partial charge in [0.25, 0.3) is 5.91 Å². The van der Waals surface area contributed by atoms with Crippen LogP contribution >= 0.6 is 0 Å². The SMILES string of the molecule is Cn1cccc1C(=O)N1CC[C@@]2(C[C@@H](Nc3ncccn3)CO2)C1. The van der Waals surface area contributed by atoms with Crippen LogP contribution in [0.1, 0.15) is 23.3 Å². The zero-order valence-corrected chi connectivity index (χ0v) is 13.7. The number of hydrogen-bond donors (Lipinski definition) is 1. The van der Waals surface area contributed by atoms with Gasteiger partial charge in [0.1, 0.15) is 5.69 Å². The molecule has 7 nitrogen and oxygen atoms in total. The molecule has 2 saturated heterocycles. The standard InChI is InChI=1S/C17H21N5O2/c1-21-8-2-4-14(21)15(23)22-9-5-17(12-22)10-13(11-24-17)20-16-18-6-3-7-19-16/h2-4,6-8,13H,5,9-12H2,1H3,(H,18,19,20)/t13-,17-/m1/s1. The van der Waals surface area contributed by atoms with Gasteiger partial charge in [-0.2, -0.15) is 0 Å². The molecule has 1 N–H and O–H groups in total. The summed E-state index contributed by atoms with van der Waals surface area (Å²) in [6.07, 6.45) is 7.07. The van der Waals surface area contributed by atoms with Crippen molar-refractivity contribution >= 4 is 11.9 Å². The second kappa shape index (κ2) is 5.90. The maximum absolute atomic E-state index is 12.7. The van der Waals surface area contributed by atoms with E-state index in [1.54, 1.807) is 18.5 Å². The smallest absolute Gasteiger partial charge is 0.270 e. The minimum atomic E-state index is -0.243. The fourth-order valence-electron chi connectivity index (χ4n) is 3.64. The summed E-state index contributed by atoms with van der Waals surface area (Å²) in [5.41, 5.74) is 0.477. The highest BCUT2D eigenvalue weighted by Gasteiger charge is 2.47. The minimum Gasteiger partial charge on any atom is -0.371 e. The van der Waals surface area contributed by atoms with Crippen molar-refractivity contribution in [2.24, 2.45) is 7.05 Å². The average Bonchev–Trinajstić information content (AvgIpc) is 3.30. The van der Waals surface area contributed by atoms with Gasteiger partial charge in [-0.15, -0.1) is 0 Å². The summed E-state index contributed by atoms with van der Waals surface area (Å²) in [4.78, 5) is 23.0. The second-order valence-corrected chi connectivity index (χ2v) is 6.59. The molecule has 24 heavy (non-hydrogen) atoms. The Balaban J connectivity index is 1.40. The van der Waals surface area contributed by atoms with Crippen molar-refractivity contribution in [1.29, 1.82) is 0 Å². The van der Waals surface area contributed by atoms with Gasteiger partial charge >= 0.3 is 0 Å². The molecule has 0 unspecified atom stereocenters. The summed E-state index contributed by atoms with van der Waals surface area (Å²) in [6, 6.07) is 5.73. The first-order valence-corrected chi connectivity index (χ1v) is 8.23. The summed E-state index contributed by atoms with van der Waals surface area (Å²) in [7, 11) is 1.89. The van der Waals surface area contributed by atoms with Crippen LogP contribution in [0.25, 0.3) is 0 Å². The number of carbonyl (C=O) groups is 1. The van der Waals surface area contributed by atoms with Crippen molar-refractivity contribution < 1.29 is 9.53 Å². The highest BCUT2D eigenvalue weighted by molar-refractivity contribution is 5.93. The first-order chi connectivity index (χ1) is 11.7. The molecule has 7 heteroatoms. The Kier molecular flexibility index (Phi) is 3.72. The van der Waals surface area contributed by atoms with E-state index < -0.39 is 0 Å². The van der Waals surface area contributed by atoms with E-state index in [0.29, 0.717) is 19.1 Å². The van der Waals surface area contributed by atoms with Crippen LogP contribution in [0.5, 0.6) is 0 Å². The fraction of sp³-hybridized carbons (Fsp3) is 0.471. The topological polar surface area (TPSA) is 72.3 Å². The number of aromatic nitrogens is 3. The number of aryl methyl sites for hydroxylation is 1. The number of hydrogen-bond acceptors (Lipinski definition) is 5. The van der Waals surface area contributed by atoms with Crippen LogP contribution in [-0.2, 0) is 11.8 Å². The van der Waals surface area contributed by atoms with Crippen LogP contribution in [0.2, 0.25) is 0 Å². The van der Waals surface area contributed by atoms with Gasteiger partial charge < -0.3 is 19.5 Å². The summed E-state index contributed by atoms with van der Waals surface area (Å²) < 4.78 is 7.96. The second-order valence-electron chi connectivity index (χ2n) is 6.59. The molecule has 4 rings (SSSR count). The van der Waals surface area contributed by atoms with Crippen molar-refractivity contribution in [3.05, 3.63) is 42.5 Å². The van der Waals surface area contributed by atoms with Crippen LogP contribution < -0.4 is 5.32 Å². The Hall–Kier alpha value is -2.41. The van der Waals surface area contributed by atoms with E-state index in [-0.39, 0.29) is 17.6 Å². The van der Waals surface area contributed by atoms with E-state index in [2.05, 4.69) is 15.3 Å². The molecule has 2 fully saturated rings. The lowest BCUT2D eigenvalue weighted by Gasteiger charge is -2.23. The normalized spacial score (nSPS) is 26.2.